The molecule has 0 aliphatic carbocycles. The molecule has 2 heterocycles. The van der Waals surface area contributed by atoms with E-state index in [2.05, 4.69) is 29.1 Å². The van der Waals surface area contributed by atoms with Crippen molar-refractivity contribution >= 4 is 22.6 Å². The van der Waals surface area contributed by atoms with Crippen molar-refractivity contribution in [3.63, 3.8) is 0 Å². The summed E-state index contributed by atoms with van der Waals surface area (Å²) in [6.07, 6.45) is 0.558. The van der Waals surface area contributed by atoms with Crippen molar-refractivity contribution in [2.75, 3.05) is 27.3 Å². The maximum absolute atomic E-state index is 6.31. The van der Waals surface area contributed by atoms with Crippen LogP contribution in [0.2, 0.25) is 5.02 Å². The highest BCUT2D eigenvalue weighted by Crippen LogP contribution is 2.29. The lowest BCUT2D eigenvalue weighted by Crippen LogP contribution is -2.22. The van der Waals surface area contributed by atoms with Gasteiger partial charge in [-0.1, -0.05) is 48.0 Å². The molecule has 0 radical (unpaired) electrons. The summed E-state index contributed by atoms with van der Waals surface area (Å²) in [4.78, 5) is 10.4. The molecule has 37 heavy (non-hydrogen) atoms. The molecule has 0 saturated carbocycles. The molecular formula is C30H30ClN3O3. The van der Waals surface area contributed by atoms with Gasteiger partial charge in [0.05, 0.1) is 17.6 Å². The molecule has 0 aliphatic rings. The van der Waals surface area contributed by atoms with Crippen LogP contribution in [-0.2, 0) is 24.3 Å². The lowest BCUT2D eigenvalue weighted by Gasteiger charge is -2.15. The molecule has 7 heteroatoms. The Labute approximate surface area is 221 Å². The minimum atomic E-state index is 0.488. The van der Waals surface area contributed by atoms with Crippen molar-refractivity contribution < 1.29 is 13.9 Å². The fourth-order valence-corrected chi connectivity index (χ4v) is 4.45. The Balaban J connectivity index is 1.30. The van der Waals surface area contributed by atoms with Crippen molar-refractivity contribution in [2.45, 2.75) is 19.6 Å². The largest absolute Gasteiger partial charge is 0.489 e. The third kappa shape index (κ3) is 6.41. The Hall–Kier alpha value is -3.58. The van der Waals surface area contributed by atoms with Gasteiger partial charge in [0.1, 0.15) is 18.1 Å². The first-order chi connectivity index (χ1) is 18.1. The van der Waals surface area contributed by atoms with Crippen molar-refractivity contribution in [1.82, 2.24) is 14.9 Å². The number of rotatable bonds is 11. The highest BCUT2D eigenvalue weighted by Gasteiger charge is 2.14. The van der Waals surface area contributed by atoms with Gasteiger partial charge >= 0.3 is 0 Å². The first-order valence-corrected chi connectivity index (χ1v) is 12.7. The summed E-state index contributed by atoms with van der Waals surface area (Å²) in [6, 6.07) is 26.0. The molecule has 0 bridgehead atoms. The number of aromatic amines is 1. The van der Waals surface area contributed by atoms with Gasteiger partial charge in [-0.15, -0.1) is 0 Å². The summed E-state index contributed by atoms with van der Waals surface area (Å²) in [5.74, 6) is 3.00. The predicted octanol–water partition coefficient (Wildman–Crippen LogP) is 6.72. The van der Waals surface area contributed by atoms with Crippen LogP contribution in [0.25, 0.3) is 22.6 Å². The van der Waals surface area contributed by atoms with E-state index in [1.54, 1.807) is 7.11 Å². The number of nitrogens with one attached hydrogen (secondary N) is 1. The lowest BCUT2D eigenvalue weighted by atomic mass is 10.1. The molecule has 6 nitrogen and oxygen atoms in total. The number of furan rings is 1. The minimum Gasteiger partial charge on any atom is -0.489 e. The van der Waals surface area contributed by atoms with Gasteiger partial charge < -0.3 is 18.9 Å². The highest BCUT2D eigenvalue weighted by molar-refractivity contribution is 6.30. The molecule has 0 spiro atoms. The van der Waals surface area contributed by atoms with Gasteiger partial charge in [0.15, 0.2) is 11.6 Å². The summed E-state index contributed by atoms with van der Waals surface area (Å²) >= 11 is 6.31. The molecule has 0 saturated heterocycles. The van der Waals surface area contributed by atoms with E-state index in [0.717, 1.165) is 46.8 Å². The van der Waals surface area contributed by atoms with Crippen LogP contribution in [0.4, 0.5) is 0 Å². The third-order valence-electron chi connectivity index (χ3n) is 6.20. The SMILES string of the molecule is COCCN(C)Cc1ccc2nc(-c3ccc(Cc4cc(Cl)ccc4OCc4ccccc4)o3)[nH]c2c1. The van der Waals surface area contributed by atoms with Crippen LogP contribution in [0.1, 0.15) is 22.5 Å². The first kappa shape index (κ1) is 25.1. The lowest BCUT2D eigenvalue weighted by molar-refractivity contribution is 0.158. The van der Waals surface area contributed by atoms with Crippen LogP contribution in [0.3, 0.4) is 0 Å². The number of H-pyrrole nitrogens is 1. The van der Waals surface area contributed by atoms with E-state index in [1.165, 1.54) is 5.56 Å². The second-order valence-corrected chi connectivity index (χ2v) is 9.57. The van der Waals surface area contributed by atoms with Crippen molar-refractivity contribution in [2.24, 2.45) is 0 Å². The minimum absolute atomic E-state index is 0.488. The average Bonchev–Trinajstić information content (AvgIpc) is 3.54. The monoisotopic (exact) mass is 515 g/mol. The second-order valence-electron chi connectivity index (χ2n) is 9.14. The maximum Gasteiger partial charge on any atom is 0.174 e. The van der Waals surface area contributed by atoms with Crippen LogP contribution in [0.5, 0.6) is 5.75 Å². The number of halogens is 1. The van der Waals surface area contributed by atoms with Gasteiger partial charge in [-0.2, -0.15) is 0 Å². The zero-order valence-electron chi connectivity index (χ0n) is 21.0. The summed E-state index contributed by atoms with van der Waals surface area (Å²) in [5, 5.41) is 0.662. The molecule has 1 N–H and O–H groups in total. The Morgan fingerprint density at radius 1 is 0.973 bits per heavy atom. The van der Waals surface area contributed by atoms with Gasteiger partial charge in [0.25, 0.3) is 0 Å². The number of nitrogens with zero attached hydrogens (tertiary/aromatic N) is 2. The summed E-state index contributed by atoms with van der Waals surface area (Å²) < 4.78 is 17.5. The fraction of sp³-hybridized carbons (Fsp3) is 0.233. The zero-order valence-corrected chi connectivity index (χ0v) is 21.8. The van der Waals surface area contributed by atoms with E-state index in [9.17, 15) is 0 Å². The number of likely N-dealkylation sites (N-methyl/N-ethyl adjacent to an activating group) is 1. The topological polar surface area (TPSA) is 63.5 Å². The van der Waals surface area contributed by atoms with E-state index in [1.807, 2.05) is 66.7 Å². The van der Waals surface area contributed by atoms with Crippen LogP contribution in [0.15, 0.2) is 83.3 Å². The number of aromatic nitrogens is 2. The van der Waals surface area contributed by atoms with Gasteiger partial charge in [0, 0.05) is 37.2 Å². The molecule has 2 aromatic heterocycles. The number of benzene rings is 3. The number of ether oxygens (including phenoxy) is 2. The number of methoxy groups -OCH3 is 1. The number of hydrogen-bond donors (Lipinski definition) is 1. The number of hydrogen-bond acceptors (Lipinski definition) is 5. The number of imidazole rings is 1. The van der Waals surface area contributed by atoms with E-state index in [-0.39, 0.29) is 0 Å². The molecule has 0 unspecified atom stereocenters. The molecule has 5 aromatic rings. The zero-order chi connectivity index (χ0) is 25.6. The van der Waals surface area contributed by atoms with Crippen LogP contribution < -0.4 is 4.74 Å². The van der Waals surface area contributed by atoms with Crippen LogP contribution in [0, 0.1) is 0 Å². The smallest absolute Gasteiger partial charge is 0.174 e. The standard InChI is InChI=1S/C30H30ClN3O3/c1-34(14-15-35-2)19-22-8-11-26-27(16-22)33-30(32-26)29-13-10-25(37-29)18-23-17-24(31)9-12-28(23)36-20-21-6-4-3-5-7-21/h3-13,16-17H,14-15,18-20H2,1-2H3,(H,32,33). The van der Waals surface area contributed by atoms with Gasteiger partial charge in [-0.05, 0) is 60.6 Å². The molecule has 0 aliphatic heterocycles. The summed E-state index contributed by atoms with van der Waals surface area (Å²) in [6.45, 7) is 2.92. The maximum atomic E-state index is 6.31. The molecule has 0 amide bonds. The Morgan fingerprint density at radius 2 is 1.84 bits per heavy atom. The second kappa shape index (κ2) is 11.6. The van der Waals surface area contributed by atoms with Crippen LogP contribution >= 0.6 is 11.6 Å². The third-order valence-corrected chi connectivity index (χ3v) is 6.43. The molecule has 5 rings (SSSR count). The highest BCUT2D eigenvalue weighted by atomic mass is 35.5. The predicted molar refractivity (Wildman–Crippen MR) is 147 cm³/mol. The Morgan fingerprint density at radius 3 is 2.68 bits per heavy atom. The molecule has 190 valence electrons. The Bertz CT molecular complexity index is 1460. The average molecular weight is 516 g/mol. The summed E-state index contributed by atoms with van der Waals surface area (Å²) in [5.41, 5.74) is 5.18. The first-order valence-electron chi connectivity index (χ1n) is 12.3. The fourth-order valence-electron chi connectivity index (χ4n) is 4.26. The molecule has 0 atom stereocenters. The molecule has 0 fully saturated rings. The van der Waals surface area contributed by atoms with Gasteiger partial charge in [0.2, 0.25) is 0 Å². The van der Waals surface area contributed by atoms with Gasteiger partial charge in [-0.25, -0.2) is 4.98 Å². The van der Waals surface area contributed by atoms with Crippen molar-refractivity contribution in [3.8, 4) is 17.3 Å². The van der Waals surface area contributed by atoms with E-state index in [0.29, 0.717) is 36.2 Å². The van der Waals surface area contributed by atoms with Crippen molar-refractivity contribution in [1.29, 1.82) is 0 Å². The van der Waals surface area contributed by atoms with E-state index < -0.39 is 0 Å². The number of fused-ring (bicyclic) bond motifs is 1. The quantitative estimate of drug-likeness (QED) is 0.211. The van der Waals surface area contributed by atoms with E-state index >= 15 is 0 Å². The van der Waals surface area contributed by atoms with Gasteiger partial charge in [-0.3, -0.25) is 4.90 Å². The van der Waals surface area contributed by atoms with Crippen LogP contribution in [-0.4, -0.2) is 42.2 Å². The van der Waals surface area contributed by atoms with E-state index in [4.69, 9.17) is 30.5 Å². The van der Waals surface area contributed by atoms with Crippen molar-refractivity contribution in [3.05, 3.63) is 106 Å². The summed E-state index contributed by atoms with van der Waals surface area (Å²) in [7, 11) is 3.81. The Kier molecular flexibility index (Phi) is 7.90. The normalized spacial score (nSPS) is 11.5. The molecule has 3 aromatic carbocycles. The molecular weight excluding hydrogens is 486 g/mol.